The summed E-state index contributed by atoms with van der Waals surface area (Å²) in [5, 5.41) is 14.3. The number of hydrogen-bond donors (Lipinski definition) is 2. The number of nitrogens with two attached hydrogens (primary N) is 1. The van der Waals surface area contributed by atoms with E-state index in [1.807, 2.05) is 18.2 Å². The minimum Gasteiger partial charge on any atom is -0.481 e. The summed E-state index contributed by atoms with van der Waals surface area (Å²) in [7, 11) is 3.20. The summed E-state index contributed by atoms with van der Waals surface area (Å²) in [6.07, 6.45) is 7.98. The molecular weight excluding hydrogens is 472 g/mol. The molecule has 1 aliphatic rings. The Kier molecular flexibility index (Phi) is 6.61. The van der Waals surface area contributed by atoms with E-state index < -0.39 is 5.60 Å². The van der Waals surface area contributed by atoms with Crippen molar-refractivity contribution in [3.8, 4) is 28.3 Å². The highest BCUT2D eigenvalue weighted by atomic mass is 16.5. The first-order chi connectivity index (χ1) is 17.9. The minimum absolute atomic E-state index is 0.0202. The quantitative estimate of drug-likeness (QED) is 0.362. The van der Waals surface area contributed by atoms with Gasteiger partial charge in [-0.05, 0) is 44.7 Å². The van der Waals surface area contributed by atoms with Crippen molar-refractivity contribution >= 4 is 17.2 Å². The summed E-state index contributed by atoms with van der Waals surface area (Å²) in [5.74, 6) is 0.687. The summed E-state index contributed by atoms with van der Waals surface area (Å²) < 4.78 is 12.3. The molecule has 37 heavy (non-hydrogen) atoms. The third-order valence-electron chi connectivity index (χ3n) is 7.38. The first-order valence-corrected chi connectivity index (χ1v) is 12.2. The van der Waals surface area contributed by atoms with Crippen LogP contribution in [-0.4, -0.2) is 61.9 Å². The van der Waals surface area contributed by atoms with Gasteiger partial charge in [0, 0.05) is 48.2 Å². The molecule has 0 radical (unpaired) electrons. The van der Waals surface area contributed by atoms with Crippen molar-refractivity contribution < 1.29 is 19.4 Å². The zero-order valence-electron chi connectivity index (χ0n) is 21.1. The lowest BCUT2D eigenvalue weighted by Crippen LogP contribution is -2.39. The highest BCUT2D eigenvalue weighted by Gasteiger charge is 2.37. The van der Waals surface area contributed by atoms with Crippen LogP contribution in [0.2, 0.25) is 0 Å². The van der Waals surface area contributed by atoms with Gasteiger partial charge in [0.1, 0.15) is 5.82 Å². The molecule has 4 aromatic heterocycles. The molecule has 1 saturated carbocycles. The summed E-state index contributed by atoms with van der Waals surface area (Å²) in [4.78, 5) is 26.5. The second-order valence-corrected chi connectivity index (χ2v) is 9.45. The maximum atomic E-state index is 12.7. The molecule has 10 heteroatoms. The van der Waals surface area contributed by atoms with E-state index in [9.17, 15) is 9.90 Å². The van der Waals surface area contributed by atoms with Gasteiger partial charge in [-0.15, -0.1) is 0 Å². The Bertz CT molecular complexity index is 1420. The van der Waals surface area contributed by atoms with Crippen LogP contribution in [0.1, 0.15) is 54.6 Å². The van der Waals surface area contributed by atoms with Crippen LogP contribution in [-0.2, 0) is 4.74 Å². The Morgan fingerprint density at radius 3 is 2.41 bits per heavy atom. The molecule has 5 rings (SSSR count). The number of anilines is 1. The Balaban J connectivity index is 1.52. The smallest absolute Gasteiger partial charge is 0.212 e. The van der Waals surface area contributed by atoms with Gasteiger partial charge in [0.15, 0.2) is 11.4 Å². The molecule has 0 unspecified atom stereocenters. The van der Waals surface area contributed by atoms with Crippen LogP contribution in [0.15, 0.2) is 42.9 Å². The molecule has 0 aromatic carbocycles. The number of methoxy groups -OCH3 is 2. The number of nitrogen functional groups attached to an aromatic ring is 1. The number of ether oxygens (including phenoxy) is 2. The van der Waals surface area contributed by atoms with Gasteiger partial charge < -0.3 is 20.3 Å². The Morgan fingerprint density at radius 2 is 1.84 bits per heavy atom. The normalized spacial score (nSPS) is 19.7. The van der Waals surface area contributed by atoms with E-state index in [1.54, 1.807) is 38.9 Å². The zero-order valence-corrected chi connectivity index (χ0v) is 21.1. The Labute approximate surface area is 214 Å². The van der Waals surface area contributed by atoms with Crippen LogP contribution in [0.3, 0.4) is 0 Å². The van der Waals surface area contributed by atoms with Gasteiger partial charge in [0.2, 0.25) is 5.88 Å². The average Bonchev–Trinajstić information content (AvgIpc) is 3.37. The fraction of sp³-hybridized carbons (Fsp3) is 0.370. The Morgan fingerprint density at radius 1 is 1.11 bits per heavy atom. The number of pyridine rings is 2. The highest BCUT2D eigenvalue weighted by molar-refractivity contribution is 6.00. The van der Waals surface area contributed by atoms with Gasteiger partial charge in [-0.25, -0.2) is 9.97 Å². The second-order valence-electron chi connectivity index (χ2n) is 9.45. The predicted octanol–water partition coefficient (Wildman–Crippen LogP) is 3.68. The molecule has 0 amide bonds. The maximum absolute atomic E-state index is 12.7. The molecule has 4 heterocycles. The van der Waals surface area contributed by atoms with Crippen LogP contribution in [0, 0.1) is 0 Å². The third kappa shape index (κ3) is 4.42. The summed E-state index contributed by atoms with van der Waals surface area (Å²) in [6.45, 7) is 1.46. The lowest BCUT2D eigenvalue weighted by Gasteiger charge is -2.37. The lowest BCUT2D eigenvalue weighted by molar-refractivity contribution is -0.0785. The van der Waals surface area contributed by atoms with E-state index >= 15 is 0 Å². The van der Waals surface area contributed by atoms with Crippen molar-refractivity contribution in [3.05, 3.63) is 54.1 Å². The molecule has 0 spiro atoms. The van der Waals surface area contributed by atoms with Crippen LogP contribution in [0.4, 0.5) is 5.82 Å². The number of nitrogens with zero attached hydrogens (tertiary/aromatic N) is 5. The maximum Gasteiger partial charge on any atom is 0.212 e. The predicted molar refractivity (Wildman–Crippen MR) is 138 cm³/mol. The molecule has 1 aliphatic carbocycles. The van der Waals surface area contributed by atoms with Crippen molar-refractivity contribution in [1.29, 1.82) is 0 Å². The van der Waals surface area contributed by atoms with E-state index in [0.717, 1.165) is 35.2 Å². The summed E-state index contributed by atoms with van der Waals surface area (Å²) in [5.41, 5.74) is 10.8. The zero-order chi connectivity index (χ0) is 26.2. The SMILES string of the molecule is COc1ccc(-c2ccc(-c3cnn4c(N)c(C(C)=O)c(C5CCC(CO)(OC)CC5)nc34)cn2)cn1. The van der Waals surface area contributed by atoms with Gasteiger partial charge in [-0.3, -0.25) is 9.78 Å². The number of carbonyl (C=O) groups excluding carboxylic acids is 1. The number of aromatic nitrogens is 5. The molecule has 0 bridgehead atoms. The monoisotopic (exact) mass is 502 g/mol. The standard InChI is InChI=1S/C27H30N6O4/c1-16(35)23-24(17-8-10-27(15-34,37-3)11-9-17)32-26-20(14-31-33(26)25(23)28)18-4-6-21(29-12-18)19-5-7-22(36-2)30-13-19/h4-7,12-14,17,34H,8-11,15,28H2,1-3H3. The third-order valence-corrected chi connectivity index (χ3v) is 7.38. The van der Waals surface area contributed by atoms with Crippen molar-refractivity contribution in [1.82, 2.24) is 24.6 Å². The van der Waals surface area contributed by atoms with E-state index in [4.69, 9.17) is 20.2 Å². The number of Topliss-reactive ketones (excluding diaryl/α,β-unsaturated/α-hetero) is 1. The molecule has 10 nitrogen and oxygen atoms in total. The average molecular weight is 503 g/mol. The van der Waals surface area contributed by atoms with Crippen LogP contribution in [0.25, 0.3) is 28.0 Å². The van der Waals surface area contributed by atoms with Gasteiger partial charge >= 0.3 is 0 Å². The van der Waals surface area contributed by atoms with Crippen LogP contribution in [0.5, 0.6) is 5.88 Å². The number of hydrogen-bond acceptors (Lipinski definition) is 9. The lowest BCUT2D eigenvalue weighted by atomic mass is 9.76. The first kappa shape index (κ1) is 24.8. The molecule has 0 atom stereocenters. The molecular formula is C27H30N6O4. The van der Waals surface area contributed by atoms with E-state index in [2.05, 4.69) is 15.1 Å². The number of carbonyl (C=O) groups is 1. The number of aliphatic hydroxyl groups is 1. The van der Waals surface area contributed by atoms with Crippen LogP contribution < -0.4 is 10.5 Å². The fourth-order valence-corrected chi connectivity index (χ4v) is 5.11. The fourth-order valence-electron chi connectivity index (χ4n) is 5.11. The summed E-state index contributed by atoms with van der Waals surface area (Å²) >= 11 is 0. The van der Waals surface area contributed by atoms with Crippen molar-refractivity contribution in [3.63, 3.8) is 0 Å². The largest absolute Gasteiger partial charge is 0.481 e. The topological polar surface area (TPSA) is 138 Å². The van der Waals surface area contributed by atoms with E-state index in [0.29, 0.717) is 35.6 Å². The number of ketones is 1. The number of fused-ring (bicyclic) bond motifs is 1. The first-order valence-electron chi connectivity index (χ1n) is 12.2. The van der Waals surface area contributed by atoms with Crippen molar-refractivity contribution in [2.24, 2.45) is 0 Å². The number of aliphatic hydroxyl groups excluding tert-OH is 1. The molecule has 192 valence electrons. The van der Waals surface area contributed by atoms with Gasteiger partial charge in [0.05, 0.1) is 42.5 Å². The molecule has 1 fully saturated rings. The molecule has 0 saturated heterocycles. The molecule has 3 N–H and O–H groups in total. The van der Waals surface area contributed by atoms with E-state index in [-0.39, 0.29) is 24.1 Å². The van der Waals surface area contributed by atoms with Gasteiger partial charge in [0.25, 0.3) is 0 Å². The van der Waals surface area contributed by atoms with E-state index in [1.165, 1.54) is 11.4 Å². The summed E-state index contributed by atoms with van der Waals surface area (Å²) in [6, 6.07) is 7.56. The van der Waals surface area contributed by atoms with Crippen LogP contribution >= 0.6 is 0 Å². The second kappa shape index (κ2) is 9.87. The highest BCUT2D eigenvalue weighted by Crippen LogP contribution is 2.41. The number of rotatable bonds is 7. The van der Waals surface area contributed by atoms with Crippen molar-refractivity contribution in [2.75, 3.05) is 26.6 Å². The molecule has 4 aromatic rings. The molecule has 0 aliphatic heterocycles. The Hall–Kier alpha value is -3.89. The van der Waals surface area contributed by atoms with Crippen molar-refractivity contribution in [2.45, 2.75) is 44.1 Å². The van der Waals surface area contributed by atoms with Gasteiger partial charge in [-0.1, -0.05) is 6.07 Å². The van der Waals surface area contributed by atoms with Gasteiger partial charge in [-0.2, -0.15) is 9.61 Å². The minimum atomic E-state index is -0.545.